The summed E-state index contributed by atoms with van der Waals surface area (Å²) in [6.07, 6.45) is 3.20. The number of aliphatic hydroxyl groups excluding tert-OH is 1. The first kappa shape index (κ1) is 14.6. The van der Waals surface area contributed by atoms with Crippen LogP contribution in [0.4, 0.5) is 0 Å². The van der Waals surface area contributed by atoms with Gasteiger partial charge in [-0.25, -0.2) is 0 Å². The van der Waals surface area contributed by atoms with Crippen LogP contribution in [-0.4, -0.2) is 33.8 Å². The summed E-state index contributed by atoms with van der Waals surface area (Å²) in [6, 6.07) is -0.171. The van der Waals surface area contributed by atoms with Crippen LogP contribution in [0.2, 0.25) is 0 Å². The second kappa shape index (κ2) is 7.81. The van der Waals surface area contributed by atoms with E-state index in [1.807, 2.05) is 13.8 Å². The van der Waals surface area contributed by atoms with Gasteiger partial charge >= 0.3 is 0 Å². The van der Waals surface area contributed by atoms with Crippen molar-refractivity contribution < 1.29 is 14.4 Å². The lowest BCUT2D eigenvalue weighted by atomic mass is 10.2. The normalized spacial score (nSPS) is 12.4. The van der Waals surface area contributed by atoms with Gasteiger partial charge in [-0.05, 0) is 12.8 Å². The molecule has 1 amide bonds. The van der Waals surface area contributed by atoms with Crippen molar-refractivity contribution in [3.8, 4) is 0 Å². The number of carbonyl (C=O) groups excluding carboxylic acids is 1. The summed E-state index contributed by atoms with van der Waals surface area (Å²) in [7, 11) is 0. The number of carbonyl (C=O) groups is 1. The van der Waals surface area contributed by atoms with Crippen molar-refractivity contribution in [1.29, 1.82) is 0 Å². The minimum Gasteiger partial charge on any atom is -0.394 e. The molecule has 2 N–H and O–H groups in total. The average Bonchev–Trinajstić information content (AvgIpc) is 2.82. The Morgan fingerprint density at radius 3 is 2.83 bits per heavy atom. The maximum atomic E-state index is 11.6. The van der Waals surface area contributed by atoms with Gasteiger partial charge in [0.25, 0.3) is 0 Å². The Balaban J connectivity index is 2.32. The highest BCUT2D eigenvalue weighted by Crippen LogP contribution is 2.03. The van der Waals surface area contributed by atoms with Crippen molar-refractivity contribution in [2.75, 3.05) is 6.61 Å². The molecular formula is C12H21N3O3. The molecule has 0 bridgehead atoms. The topological polar surface area (TPSA) is 88.2 Å². The van der Waals surface area contributed by atoms with E-state index in [2.05, 4.69) is 15.5 Å². The van der Waals surface area contributed by atoms with Crippen molar-refractivity contribution in [2.45, 2.75) is 52.0 Å². The Kier molecular flexibility index (Phi) is 6.35. The van der Waals surface area contributed by atoms with Crippen LogP contribution >= 0.6 is 0 Å². The van der Waals surface area contributed by atoms with Crippen LogP contribution in [0.15, 0.2) is 4.52 Å². The molecule has 0 aliphatic heterocycles. The fourth-order valence-corrected chi connectivity index (χ4v) is 1.51. The molecule has 0 saturated carbocycles. The molecule has 0 aliphatic carbocycles. The Labute approximate surface area is 107 Å². The number of nitrogens with one attached hydrogen (secondary N) is 1. The quantitative estimate of drug-likeness (QED) is 0.718. The fraction of sp³-hybridized carbons (Fsp3) is 0.750. The van der Waals surface area contributed by atoms with Gasteiger partial charge in [0.1, 0.15) is 0 Å². The van der Waals surface area contributed by atoms with E-state index in [4.69, 9.17) is 9.63 Å². The monoisotopic (exact) mass is 255 g/mol. The molecule has 0 saturated heterocycles. The van der Waals surface area contributed by atoms with Crippen LogP contribution in [0, 0.1) is 0 Å². The van der Waals surface area contributed by atoms with E-state index >= 15 is 0 Å². The van der Waals surface area contributed by atoms with E-state index < -0.39 is 0 Å². The Morgan fingerprint density at radius 2 is 2.22 bits per heavy atom. The lowest BCUT2D eigenvalue weighted by Crippen LogP contribution is -2.37. The van der Waals surface area contributed by atoms with Crippen molar-refractivity contribution in [3.05, 3.63) is 11.7 Å². The molecular weight excluding hydrogens is 234 g/mol. The molecule has 1 rings (SSSR count). The molecule has 0 unspecified atom stereocenters. The molecule has 1 heterocycles. The predicted octanol–water partition coefficient (Wildman–Crippen LogP) is 0.842. The molecule has 1 aromatic rings. The number of aromatic nitrogens is 2. The summed E-state index contributed by atoms with van der Waals surface area (Å²) in [5.41, 5.74) is 0. The van der Waals surface area contributed by atoms with Gasteiger partial charge in [0, 0.05) is 19.3 Å². The third-order valence-electron chi connectivity index (χ3n) is 2.63. The minimum absolute atomic E-state index is 0.0382. The molecule has 0 aromatic carbocycles. The maximum Gasteiger partial charge on any atom is 0.227 e. The van der Waals surface area contributed by atoms with Crippen molar-refractivity contribution in [2.24, 2.45) is 0 Å². The SMILES string of the molecule is CCCc1noc(CCC(=O)N[C@@H](CC)CO)n1. The third-order valence-corrected chi connectivity index (χ3v) is 2.63. The first-order valence-electron chi connectivity index (χ1n) is 6.41. The van der Waals surface area contributed by atoms with Gasteiger partial charge in [0.15, 0.2) is 5.82 Å². The van der Waals surface area contributed by atoms with Crippen molar-refractivity contribution in [1.82, 2.24) is 15.5 Å². The summed E-state index contributed by atoms with van der Waals surface area (Å²) in [5.74, 6) is 1.08. The molecule has 0 spiro atoms. The van der Waals surface area contributed by atoms with Crippen molar-refractivity contribution >= 4 is 5.91 Å². The van der Waals surface area contributed by atoms with Crippen LogP contribution in [0.3, 0.4) is 0 Å². The Morgan fingerprint density at radius 1 is 1.44 bits per heavy atom. The third kappa shape index (κ3) is 4.83. The summed E-state index contributed by atoms with van der Waals surface area (Å²) in [5, 5.41) is 15.5. The summed E-state index contributed by atoms with van der Waals surface area (Å²) < 4.78 is 5.03. The van der Waals surface area contributed by atoms with E-state index in [9.17, 15) is 4.79 Å². The molecule has 0 radical (unpaired) electrons. The standard InChI is InChI=1S/C12H21N3O3/c1-3-5-10-14-12(18-15-10)7-6-11(17)13-9(4-2)8-16/h9,16H,3-8H2,1-2H3,(H,13,17)/t9-/m0/s1. The first-order chi connectivity index (χ1) is 8.69. The average molecular weight is 255 g/mol. The lowest BCUT2D eigenvalue weighted by Gasteiger charge is -2.13. The lowest BCUT2D eigenvalue weighted by molar-refractivity contribution is -0.122. The Bertz CT molecular complexity index is 361. The van der Waals surface area contributed by atoms with E-state index in [1.165, 1.54) is 0 Å². The van der Waals surface area contributed by atoms with Gasteiger partial charge in [0.05, 0.1) is 12.6 Å². The summed E-state index contributed by atoms with van der Waals surface area (Å²) in [4.78, 5) is 15.7. The van der Waals surface area contributed by atoms with Crippen LogP contribution in [0.1, 0.15) is 44.8 Å². The van der Waals surface area contributed by atoms with E-state index in [-0.39, 0.29) is 18.6 Å². The van der Waals surface area contributed by atoms with Gasteiger partial charge in [-0.2, -0.15) is 4.98 Å². The van der Waals surface area contributed by atoms with Gasteiger partial charge < -0.3 is 14.9 Å². The largest absolute Gasteiger partial charge is 0.394 e. The second-order valence-corrected chi connectivity index (χ2v) is 4.21. The van der Waals surface area contributed by atoms with Gasteiger partial charge in [-0.3, -0.25) is 4.79 Å². The molecule has 1 atom stereocenters. The van der Waals surface area contributed by atoms with Crippen molar-refractivity contribution in [3.63, 3.8) is 0 Å². The molecule has 18 heavy (non-hydrogen) atoms. The molecule has 102 valence electrons. The van der Waals surface area contributed by atoms with E-state index in [1.54, 1.807) is 0 Å². The van der Waals surface area contributed by atoms with Gasteiger partial charge in [-0.15, -0.1) is 0 Å². The summed E-state index contributed by atoms with van der Waals surface area (Å²) in [6.45, 7) is 3.92. The highest BCUT2D eigenvalue weighted by molar-refractivity contribution is 5.76. The van der Waals surface area contributed by atoms with Gasteiger partial charge in [-0.1, -0.05) is 19.0 Å². The number of rotatable bonds is 8. The number of amides is 1. The number of nitrogens with zero attached hydrogens (tertiary/aromatic N) is 2. The highest BCUT2D eigenvalue weighted by Gasteiger charge is 2.11. The number of hydrogen-bond donors (Lipinski definition) is 2. The molecule has 6 heteroatoms. The number of aliphatic hydroxyl groups is 1. The first-order valence-corrected chi connectivity index (χ1v) is 6.41. The van der Waals surface area contributed by atoms with Crippen LogP contribution in [0.5, 0.6) is 0 Å². The van der Waals surface area contributed by atoms with Crippen LogP contribution in [0.25, 0.3) is 0 Å². The molecule has 6 nitrogen and oxygen atoms in total. The molecule has 0 fully saturated rings. The zero-order valence-corrected chi connectivity index (χ0v) is 11.0. The predicted molar refractivity (Wildman–Crippen MR) is 65.9 cm³/mol. The summed E-state index contributed by atoms with van der Waals surface area (Å²) >= 11 is 0. The zero-order valence-electron chi connectivity index (χ0n) is 11.0. The fourth-order valence-electron chi connectivity index (χ4n) is 1.51. The zero-order chi connectivity index (χ0) is 13.4. The second-order valence-electron chi connectivity index (χ2n) is 4.21. The number of hydrogen-bond acceptors (Lipinski definition) is 5. The smallest absolute Gasteiger partial charge is 0.227 e. The van der Waals surface area contributed by atoms with E-state index in [0.29, 0.717) is 31.0 Å². The van der Waals surface area contributed by atoms with E-state index in [0.717, 1.165) is 12.8 Å². The molecule has 0 aliphatic rings. The Hall–Kier alpha value is -1.43. The maximum absolute atomic E-state index is 11.6. The van der Waals surface area contributed by atoms with Crippen LogP contribution in [-0.2, 0) is 17.6 Å². The van der Waals surface area contributed by atoms with Crippen LogP contribution < -0.4 is 5.32 Å². The van der Waals surface area contributed by atoms with Gasteiger partial charge in [0.2, 0.25) is 11.8 Å². The highest BCUT2D eigenvalue weighted by atomic mass is 16.5. The molecule has 1 aromatic heterocycles. The number of aryl methyl sites for hydroxylation is 2. The minimum atomic E-state index is -0.171.